The zero-order valence-electron chi connectivity index (χ0n) is 10.1. The second-order valence-electron chi connectivity index (χ2n) is 4.33. The van der Waals surface area contributed by atoms with Crippen molar-refractivity contribution in [3.63, 3.8) is 0 Å². The van der Waals surface area contributed by atoms with Crippen LogP contribution in [0.5, 0.6) is 0 Å². The summed E-state index contributed by atoms with van der Waals surface area (Å²) in [7, 11) is 0. The maximum atomic E-state index is 5.66. The van der Waals surface area contributed by atoms with Gasteiger partial charge in [0.25, 0.3) is 6.85 Å². The fourth-order valence-corrected chi connectivity index (χ4v) is 2.14. The topological polar surface area (TPSA) is 12.0 Å². The van der Waals surface area contributed by atoms with Crippen LogP contribution in [0.3, 0.4) is 0 Å². The number of allylic oxidation sites excluding steroid dienone is 3. The van der Waals surface area contributed by atoms with Gasteiger partial charge in [-0.15, -0.1) is 11.6 Å². The number of fused-ring (bicyclic) bond motifs is 1. The third-order valence-electron chi connectivity index (χ3n) is 2.97. The van der Waals surface area contributed by atoms with Crippen LogP contribution in [-0.2, 0) is 0 Å². The van der Waals surface area contributed by atoms with Crippen molar-refractivity contribution in [2.45, 2.75) is 19.7 Å². The second kappa shape index (κ2) is 5.97. The number of unbranched alkanes of at least 4 members (excludes halogenated alkanes) is 1. The molecule has 0 unspecified atom stereocenters. The number of halogens is 1. The first kappa shape index (κ1) is 12.3. The molecule has 88 valence electrons. The van der Waals surface area contributed by atoms with Gasteiger partial charge in [0, 0.05) is 11.6 Å². The normalized spacial score (nSPS) is 14.5. The zero-order valence-corrected chi connectivity index (χ0v) is 10.9. The summed E-state index contributed by atoms with van der Waals surface area (Å²) in [4.78, 5) is 0. The number of hydrogen-bond acceptors (Lipinski definition) is 1. The second-order valence-corrected chi connectivity index (χ2v) is 4.71. The summed E-state index contributed by atoms with van der Waals surface area (Å²) in [5.41, 5.74) is 3.82. The Morgan fingerprint density at radius 2 is 2.18 bits per heavy atom. The summed E-state index contributed by atoms with van der Waals surface area (Å²) in [6, 6.07) is 8.40. The Labute approximate surface area is 109 Å². The molecule has 2 rings (SSSR count). The van der Waals surface area contributed by atoms with Crippen molar-refractivity contribution in [3.05, 3.63) is 47.5 Å². The van der Waals surface area contributed by atoms with Crippen LogP contribution in [-0.4, -0.2) is 12.7 Å². The van der Waals surface area contributed by atoms with Gasteiger partial charge in [-0.05, 0) is 24.5 Å². The smallest absolute Gasteiger partial charge is 0.282 e. The summed E-state index contributed by atoms with van der Waals surface area (Å²) in [5, 5.41) is 3.51. The quantitative estimate of drug-likeness (QED) is 0.475. The van der Waals surface area contributed by atoms with Crippen molar-refractivity contribution in [1.29, 1.82) is 0 Å². The molecule has 1 heterocycles. The highest BCUT2D eigenvalue weighted by molar-refractivity contribution is 6.71. The highest BCUT2D eigenvalue weighted by Gasteiger charge is 2.17. The molecule has 1 nitrogen and oxygen atoms in total. The van der Waals surface area contributed by atoms with Crippen molar-refractivity contribution >= 4 is 30.2 Å². The molecule has 1 aromatic carbocycles. The summed E-state index contributed by atoms with van der Waals surface area (Å²) < 4.78 is 0. The zero-order chi connectivity index (χ0) is 12.1. The molecule has 1 aromatic rings. The van der Waals surface area contributed by atoms with Crippen molar-refractivity contribution in [3.8, 4) is 0 Å². The van der Waals surface area contributed by atoms with Crippen LogP contribution in [0.15, 0.2) is 41.9 Å². The lowest BCUT2D eigenvalue weighted by Crippen LogP contribution is -2.26. The first-order valence-electron chi connectivity index (χ1n) is 6.11. The Balaban J connectivity index is 2.12. The summed E-state index contributed by atoms with van der Waals surface area (Å²) in [6.45, 7) is 2.56. The lowest BCUT2D eigenvalue weighted by atomic mass is 9.55. The van der Waals surface area contributed by atoms with E-state index >= 15 is 0 Å². The lowest BCUT2D eigenvalue weighted by molar-refractivity contribution is 0.966. The molecule has 0 fully saturated rings. The molecule has 1 N–H and O–H groups in total. The summed E-state index contributed by atoms with van der Waals surface area (Å²) in [5.74, 6) is 0.736. The third-order valence-corrected chi connectivity index (χ3v) is 3.24. The van der Waals surface area contributed by atoms with E-state index in [4.69, 9.17) is 11.6 Å². The Kier molecular flexibility index (Phi) is 4.32. The van der Waals surface area contributed by atoms with Gasteiger partial charge < -0.3 is 5.23 Å². The lowest BCUT2D eigenvalue weighted by Gasteiger charge is -2.21. The molecular formula is C14H17BClN. The van der Waals surface area contributed by atoms with Gasteiger partial charge in [0.1, 0.15) is 0 Å². The van der Waals surface area contributed by atoms with Gasteiger partial charge >= 0.3 is 0 Å². The molecule has 0 aliphatic carbocycles. The van der Waals surface area contributed by atoms with Crippen LogP contribution in [0.1, 0.15) is 18.4 Å². The van der Waals surface area contributed by atoms with E-state index in [1.807, 2.05) is 0 Å². The van der Waals surface area contributed by atoms with E-state index in [-0.39, 0.29) is 0 Å². The molecule has 0 amide bonds. The van der Waals surface area contributed by atoms with E-state index in [9.17, 15) is 0 Å². The van der Waals surface area contributed by atoms with Gasteiger partial charge in [-0.1, -0.05) is 48.7 Å². The minimum absolute atomic E-state index is 0.372. The Morgan fingerprint density at radius 1 is 1.35 bits per heavy atom. The molecule has 0 aromatic heterocycles. The largest absolute Gasteiger partial charge is 0.424 e. The van der Waals surface area contributed by atoms with Crippen molar-refractivity contribution < 1.29 is 0 Å². The number of anilines is 1. The monoisotopic (exact) mass is 245 g/mol. The van der Waals surface area contributed by atoms with Crippen LogP contribution in [0, 0.1) is 0 Å². The van der Waals surface area contributed by atoms with E-state index in [0.717, 1.165) is 18.7 Å². The Hall–Kier alpha value is -1.15. The highest BCUT2D eigenvalue weighted by atomic mass is 35.5. The van der Waals surface area contributed by atoms with Gasteiger partial charge in [-0.3, -0.25) is 0 Å². The molecule has 0 atom stereocenters. The minimum Gasteiger partial charge on any atom is -0.424 e. The third kappa shape index (κ3) is 3.16. The predicted molar refractivity (Wildman–Crippen MR) is 78.8 cm³/mol. The SMILES string of the molecule is CB1Nc2ccccc2C=C1/C=C/CCCCl. The number of rotatable bonds is 4. The molecule has 0 saturated heterocycles. The fraction of sp³-hybridized carbons (Fsp3) is 0.286. The van der Waals surface area contributed by atoms with Gasteiger partial charge in [0.15, 0.2) is 0 Å². The summed E-state index contributed by atoms with van der Waals surface area (Å²) in [6.07, 6.45) is 8.77. The number of alkyl halides is 1. The standard InChI is InChI=1S/C14H17BClN/c1-15-13(8-3-2-6-10-16)11-12-7-4-5-9-14(12)17-15/h3-5,7-9,11,17H,2,6,10H2,1H3/b8-3+. The maximum absolute atomic E-state index is 5.66. The first-order valence-corrected chi connectivity index (χ1v) is 6.64. The summed E-state index contributed by atoms with van der Waals surface area (Å²) >= 11 is 5.66. The van der Waals surface area contributed by atoms with Gasteiger partial charge in [0.2, 0.25) is 0 Å². The molecule has 0 bridgehead atoms. The first-order chi connectivity index (χ1) is 8.31. The van der Waals surface area contributed by atoms with Crippen LogP contribution in [0.2, 0.25) is 6.82 Å². The van der Waals surface area contributed by atoms with Gasteiger partial charge in [-0.2, -0.15) is 0 Å². The van der Waals surface area contributed by atoms with Crippen LogP contribution >= 0.6 is 11.6 Å². The predicted octanol–water partition coefficient (Wildman–Crippen LogP) is 4.23. The van der Waals surface area contributed by atoms with Crippen LogP contribution in [0.25, 0.3) is 6.08 Å². The fourth-order valence-electron chi connectivity index (χ4n) is 1.98. The van der Waals surface area contributed by atoms with E-state index < -0.39 is 0 Å². The van der Waals surface area contributed by atoms with Crippen LogP contribution in [0.4, 0.5) is 5.69 Å². The van der Waals surface area contributed by atoms with Gasteiger partial charge in [0.05, 0.1) is 0 Å². The highest BCUT2D eigenvalue weighted by Crippen LogP contribution is 2.25. The molecule has 17 heavy (non-hydrogen) atoms. The maximum Gasteiger partial charge on any atom is 0.282 e. The molecular weight excluding hydrogens is 228 g/mol. The number of benzene rings is 1. The minimum atomic E-state index is 0.372. The molecule has 0 radical (unpaired) electrons. The van der Waals surface area contributed by atoms with Crippen molar-refractivity contribution in [2.24, 2.45) is 0 Å². The van der Waals surface area contributed by atoms with Crippen LogP contribution < -0.4 is 5.23 Å². The van der Waals surface area contributed by atoms with Gasteiger partial charge in [-0.25, -0.2) is 0 Å². The van der Waals surface area contributed by atoms with E-state index in [1.54, 1.807) is 0 Å². The van der Waals surface area contributed by atoms with E-state index in [1.165, 1.54) is 16.7 Å². The molecule has 3 heteroatoms. The number of para-hydroxylation sites is 1. The molecule has 1 aliphatic heterocycles. The van der Waals surface area contributed by atoms with E-state index in [2.05, 4.69) is 54.5 Å². The Morgan fingerprint density at radius 3 is 3.00 bits per heavy atom. The number of hydrogen-bond donors (Lipinski definition) is 1. The molecule has 0 spiro atoms. The Bertz CT molecular complexity index is 440. The molecule has 0 saturated carbocycles. The average molecular weight is 246 g/mol. The average Bonchev–Trinajstić information content (AvgIpc) is 2.35. The van der Waals surface area contributed by atoms with E-state index in [0.29, 0.717) is 6.85 Å². The van der Waals surface area contributed by atoms with Crippen molar-refractivity contribution in [1.82, 2.24) is 0 Å². The van der Waals surface area contributed by atoms with Crippen molar-refractivity contribution in [2.75, 3.05) is 11.1 Å². The molecule has 1 aliphatic rings. The number of nitrogens with one attached hydrogen (secondary N) is 1.